The number of benzene rings is 2. The van der Waals surface area contributed by atoms with Gasteiger partial charge in [-0.1, -0.05) is 41.9 Å². The summed E-state index contributed by atoms with van der Waals surface area (Å²) in [5.74, 6) is 0.528. The fourth-order valence-corrected chi connectivity index (χ4v) is 4.42. The summed E-state index contributed by atoms with van der Waals surface area (Å²) in [5, 5.41) is 0.152. The van der Waals surface area contributed by atoms with Gasteiger partial charge in [-0.15, -0.1) is 4.73 Å². The van der Waals surface area contributed by atoms with Gasteiger partial charge in [0, 0.05) is 17.3 Å². The monoisotopic (exact) mass is 493 g/mol. The van der Waals surface area contributed by atoms with E-state index in [9.17, 15) is 13.0 Å². The van der Waals surface area contributed by atoms with E-state index in [1.165, 1.54) is 31.5 Å². The van der Waals surface area contributed by atoms with Gasteiger partial charge in [0.15, 0.2) is 11.5 Å². The predicted molar refractivity (Wildman–Crippen MR) is 119 cm³/mol. The van der Waals surface area contributed by atoms with Crippen molar-refractivity contribution in [1.82, 2.24) is 14.7 Å². The maximum atomic E-state index is 13.2. The fraction of sp³-hybridized carbons (Fsp3) is 0.182. The number of alkyl halides is 2. The first-order chi connectivity index (χ1) is 16.0. The highest BCUT2D eigenvalue weighted by Gasteiger charge is 2.23. The molecule has 0 saturated heterocycles. The number of ether oxygens (including phenoxy) is 2. The molecule has 172 valence electrons. The van der Waals surface area contributed by atoms with Crippen molar-refractivity contribution < 1.29 is 27.3 Å². The summed E-state index contributed by atoms with van der Waals surface area (Å²) in [7, 11) is -0.441. The molecular weight excluding hydrogens is 476 g/mol. The van der Waals surface area contributed by atoms with Crippen molar-refractivity contribution in [2.45, 2.75) is 24.1 Å². The summed E-state index contributed by atoms with van der Waals surface area (Å²) < 4.78 is 51.4. The van der Waals surface area contributed by atoms with Crippen molar-refractivity contribution in [2.24, 2.45) is 0 Å². The summed E-state index contributed by atoms with van der Waals surface area (Å²) in [6.45, 7) is -2.91. The summed E-state index contributed by atoms with van der Waals surface area (Å²) in [6.07, 6.45) is 1.49. The highest BCUT2D eigenvalue weighted by Crippen LogP contribution is 2.32. The van der Waals surface area contributed by atoms with Crippen molar-refractivity contribution in [1.29, 1.82) is 0 Å². The van der Waals surface area contributed by atoms with E-state index in [2.05, 4.69) is 14.8 Å². The number of hydrogen-bond acceptors (Lipinski definition) is 6. The van der Waals surface area contributed by atoms with E-state index in [1.807, 2.05) is 30.3 Å². The molecule has 11 heteroatoms. The van der Waals surface area contributed by atoms with Crippen LogP contribution in [0.1, 0.15) is 11.3 Å². The molecule has 0 amide bonds. The fourth-order valence-electron chi connectivity index (χ4n) is 3.14. The smallest absolute Gasteiger partial charge is 0.405 e. The molecule has 1 unspecified atom stereocenters. The second-order valence-electron chi connectivity index (χ2n) is 6.74. The minimum Gasteiger partial charge on any atom is -0.493 e. The summed E-state index contributed by atoms with van der Waals surface area (Å²) in [6, 6.07) is 15.5. The van der Waals surface area contributed by atoms with Crippen LogP contribution in [0.4, 0.5) is 8.78 Å². The number of methoxy groups -OCH3 is 1. The van der Waals surface area contributed by atoms with Gasteiger partial charge >= 0.3 is 6.61 Å². The zero-order valence-electron chi connectivity index (χ0n) is 17.3. The maximum Gasteiger partial charge on any atom is 0.405 e. The largest absolute Gasteiger partial charge is 0.493 e. The van der Waals surface area contributed by atoms with Crippen molar-refractivity contribution >= 4 is 33.4 Å². The highest BCUT2D eigenvalue weighted by molar-refractivity contribution is 7.84. The van der Waals surface area contributed by atoms with Crippen LogP contribution in [0.5, 0.6) is 11.5 Å². The van der Waals surface area contributed by atoms with E-state index in [0.717, 1.165) is 10.3 Å². The normalized spacial score (nSPS) is 12.2. The number of nitrogens with zero attached hydrogens (tertiary/aromatic N) is 3. The predicted octanol–water partition coefficient (Wildman–Crippen LogP) is 4.63. The molecule has 2 aromatic carbocycles. The number of pyridine rings is 1. The molecule has 0 bridgehead atoms. The minimum absolute atomic E-state index is 0.176. The lowest BCUT2D eigenvalue weighted by Crippen LogP contribution is -2.20. The summed E-state index contributed by atoms with van der Waals surface area (Å²) in [4.78, 5) is 13.1. The van der Waals surface area contributed by atoms with Crippen LogP contribution in [-0.2, 0) is 23.2 Å². The topological polar surface area (TPSA) is 75.5 Å². The van der Waals surface area contributed by atoms with E-state index in [0.29, 0.717) is 22.2 Å². The molecule has 4 aromatic rings. The molecule has 7 nitrogen and oxygen atoms in total. The first kappa shape index (κ1) is 22.9. The van der Waals surface area contributed by atoms with Crippen LogP contribution in [-0.4, -0.2) is 32.6 Å². The van der Waals surface area contributed by atoms with Gasteiger partial charge in [-0.05, 0) is 23.8 Å². The molecule has 0 N–H and O–H groups in total. The van der Waals surface area contributed by atoms with Gasteiger partial charge in [0.1, 0.15) is 12.1 Å². The SMILES string of the molecule is COc1ccnc(CS(=O)c2nc3cc(Cl)ccc3n2OC(F)F)c1OCc1ccccc1. The van der Waals surface area contributed by atoms with Crippen molar-refractivity contribution in [3.8, 4) is 11.5 Å². The first-order valence-corrected chi connectivity index (χ1v) is 11.4. The summed E-state index contributed by atoms with van der Waals surface area (Å²) in [5.41, 5.74) is 1.71. The number of halogens is 3. The van der Waals surface area contributed by atoms with E-state index < -0.39 is 17.4 Å². The van der Waals surface area contributed by atoms with E-state index in [1.54, 1.807) is 6.07 Å². The minimum atomic E-state index is -3.14. The molecular formula is C22H18ClF2N3O4S. The Morgan fingerprint density at radius 2 is 1.94 bits per heavy atom. The zero-order valence-corrected chi connectivity index (χ0v) is 18.9. The van der Waals surface area contributed by atoms with Crippen LogP contribution in [0.2, 0.25) is 5.02 Å². The van der Waals surface area contributed by atoms with E-state index >= 15 is 0 Å². The highest BCUT2D eigenvalue weighted by atomic mass is 35.5. The number of hydrogen-bond donors (Lipinski definition) is 0. The molecule has 0 radical (unpaired) electrons. The van der Waals surface area contributed by atoms with Gasteiger partial charge in [0.05, 0.1) is 34.9 Å². The standard InChI is InChI=1S/C22H18ClF2N3O4S/c1-30-19-9-10-26-17(20(19)31-12-14-5-3-2-4-6-14)13-33(29)22-27-16-11-15(23)7-8-18(16)28(22)32-21(24)25/h2-11,21H,12-13H2,1H3. The Balaban J connectivity index is 1.66. The lowest BCUT2D eigenvalue weighted by Gasteiger charge is -2.14. The molecule has 2 heterocycles. The van der Waals surface area contributed by atoms with E-state index in [-0.39, 0.29) is 28.5 Å². The second-order valence-corrected chi connectivity index (χ2v) is 8.52. The molecule has 0 spiro atoms. The van der Waals surface area contributed by atoms with Gasteiger partial charge in [-0.3, -0.25) is 9.19 Å². The zero-order chi connectivity index (χ0) is 23.4. The van der Waals surface area contributed by atoms with Crippen LogP contribution < -0.4 is 14.3 Å². The van der Waals surface area contributed by atoms with Gasteiger partial charge < -0.3 is 14.3 Å². The number of aromatic nitrogens is 3. The molecule has 33 heavy (non-hydrogen) atoms. The Kier molecular flexibility index (Phi) is 7.05. The van der Waals surface area contributed by atoms with Crippen LogP contribution in [0.25, 0.3) is 11.0 Å². The van der Waals surface area contributed by atoms with Crippen molar-refractivity contribution in [3.63, 3.8) is 0 Å². The third-order valence-electron chi connectivity index (χ3n) is 4.59. The van der Waals surface area contributed by atoms with Crippen LogP contribution in [0.3, 0.4) is 0 Å². The lowest BCUT2D eigenvalue weighted by molar-refractivity contribution is -0.136. The van der Waals surface area contributed by atoms with Gasteiger partial charge in [-0.2, -0.15) is 8.78 Å². The van der Waals surface area contributed by atoms with Crippen molar-refractivity contribution in [2.75, 3.05) is 7.11 Å². The number of fused-ring (bicyclic) bond motifs is 1. The number of rotatable bonds is 9. The Bertz CT molecular complexity index is 1290. The molecule has 0 aliphatic carbocycles. The number of imidazole rings is 1. The maximum absolute atomic E-state index is 13.2. The molecule has 1 atom stereocenters. The van der Waals surface area contributed by atoms with E-state index in [4.69, 9.17) is 21.1 Å². The Hall–Kier alpha value is -3.24. The van der Waals surface area contributed by atoms with Crippen LogP contribution >= 0.6 is 11.6 Å². The summed E-state index contributed by atoms with van der Waals surface area (Å²) >= 11 is 5.98. The molecule has 0 fully saturated rings. The second kappa shape index (κ2) is 10.1. The lowest BCUT2D eigenvalue weighted by atomic mass is 10.2. The molecule has 4 rings (SSSR count). The Morgan fingerprint density at radius 1 is 1.15 bits per heavy atom. The molecule has 2 aromatic heterocycles. The molecule has 0 aliphatic rings. The Morgan fingerprint density at radius 3 is 2.67 bits per heavy atom. The molecule has 0 saturated carbocycles. The third kappa shape index (κ3) is 5.23. The average molecular weight is 494 g/mol. The third-order valence-corrected chi connectivity index (χ3v) is 6.03. The molecule has 0 aliphatic heterocycles. The van der Waals surface area contributed by atoms with Crippen LogP contribution in [0, 0.1) is 0 Å². The first-order valence-electron chi connectivity index (χ1n) is 9.66. The average Bonchev–Trinajstić information content (AvgIpc) is 3.15. The van der Waals surface area contributed by atoms with Gasteiger partial charge in [-0.25, -0.2) is 4.98 Å². The van der Waals surface area contributed by atoms with Gasteiger partial charge in [0.25, 0.3) is 0 Å². The quantitative estimate of drug-likeness (QED) is 0.338. The van der Waals surface area contributed by atoms with Crippen LogP contribution in [0.15, 0.2) is 66.0 Å². The van der Waals surface area contributed by atoms with Crippen molar-refractivity contribution in [3.05, 3.63) is 77.1 Å². The van der Waals surface area contributed by atoms with Gasteiger partial charge in [0.2, 0.25) is 5.16 Å². The Labute approximate surface area is 195 Å².